The van der Waals surface area contributed by atoms with Crippen LogP contribution in [0.15, 0.2) is 18.2 Å². The monoisotopic (exact) mass is 237 g/mol. The maximum Gasteiger partial charge on any atom is 0.200 e. The van der Waals surface area contributed by atoms with Gasteiger partial charge >= 0.3 is 0 Å². The topological polar surface area (TPSA) is 51.5 Å². The lowest BCUT2D eigenvalue weighted by atomic mass is 10.2. The molecular weight excluding hydrogens is 225 g/mol. The summed E-state index contributed by atoms with van der Waals surface area (Å²) in [5.74, 6) is -1.32. The SMILES string of the molecule is CC1(COc2cc(C#N)ccc2F)OCCO1. The molecule has 0 saturated carbocycles. The molecule has 1 aliphatic rings. The van der Waals surface area contributed by atoms with Crippen molar-refractivity contribution in [1.29, 1.82) is 5.26 Å². The van der Waals surface area contributed by atoms with Crippen LogP contribution in [-0.4, -0.2) is 25.6 Å². The smallest absolute Gasteiger partial charge is 0.200 e. The minimum absolute atomic E-state index is 0.0318. The van der Waals surface area contributed by atoms with E-state index in [1.807, 2.05) is 6.07 Å². The summed E-state index contributed by atoms with van der Waals surface area (Å²) < 4.78 is 29.3. The third-order valence-corrected chi connectivity index (χ3v) is 2.45. The fraction of sp³-hybridized carbons (Fsp3) is 0.417. The zero-order chi connectivity index (χ0) is 12.3. The largest absolute Gasteiger partial charge is 0.485 e. The van der Waals surface area contributed by atoms with Crippen LogP contribution in [0.3, 0.4) is 0 Å². The van der Waals surface area contributed by atoms with E-state index in [-0.39, 0.29) is 12.4 Å². The minimum atomic E-state index is -0.838. The molecule has 0 aliphatic carbocycles. The van der Waals surface area contributed by atoms with Gasteiger partial charge in [0.15, 0.2) is 17.4 Å². The molecule has 1 heterocycles. The van der Waals surface area contributed by atoms with Crippen molar-refractivity contribution in [2.45, 2.75) is 12.7 Å². The first-order chi connectivity index (χ1) is 8.13. The van der Waals surface area contributed by atoms with Crippen molar-refractivity contribution in [1.82, 2.24) is 0 Å². The first kappa shape index (κ1) is 11.8. The molecule has 0 bridgehead atoms. The maximum atomic E-state index is 13.4. The van der Waals surface area contributed by atoms with E-state index < -0.39 is 11.6 Å². The van der Waals surface area contributed by atoms with Crippen molar-refractivity contribution < 1.29 is 18.6 Å². The van der Waals surface area contributed by atoms with Crippen LogP contribution in [0.1, 0.15) is 12.5 Å². The Morgan fingerprint density at radius 3 is 2.82 bits per heavy atom. The van der Waals surface area contributed by atoms with E-state index in [1.165, 1.54) is 18.2 Å². The average Bonchev–Trinajstić information content (AvgIpc) is 2.76. The highest BCUT2D eigenvalue weighted by atomic mass is 19.1. The second kappa shape index (κ2) is 4.70. The number of nitriles is 1. The molecule has 0 radical (unpaired) electrons. The molecule has 1 saturated heterocycles. The molecule has 1 fully saturated rings. The standard InChI is InChI=1S/C12H12FNO3/c1-12(16-4-5-17-12)8-15-11-6-9(7-14)2-3-10(11)13/h2-3,6H,4-5,8H2,1H3. The van der Waals surface area contributed by atoms with Crippen molar-refractivity contribution in [3.8, 4) is 11.8 Å². The Morgan fingerprint density at radius 1 is 1.47 bits per heavy atom. The van der Waals surface area contributed by atoms with Gasteiger partial charge in [-0.05, 0) is 19.1 Å². The van der Waals surface area contributed by atoms with E-state index in [9.17, 15) is 4.39 Å². The van der Waals surface area contributed by atoms with Crippen molar-refractivity contribution in [2.24, 2.45) is 0 Å². The van der Waals surface area contributed by atoms with Gasteiger partial charge in [-0.25, -0.2) is 4.39 Å². The van der Waals surface area contributed by atoms with Gasteiger partial charge in [0.1, 0.15) is 6.61 Å². The van der Waals surface area contributed by atoms with Crippen molar-refractivity contribution in [3.05, 3.63) is 29.6 Å². The Labute approximate surface area is 98.5 Å². The summed E-state index contributed by atoms with van der Waals surface area (Å²) in [6.07, 6.45) is 0. The fourth-order valence-corrected chi connectivity index (χ4v) is 1.53. The highest BCUT2D eigenvalue weighted by Crippen LogP contribution is 2.23. The maximum absolute atomic E-state index is 13.4. The van der Waals surface area contributed by atoms with Crippen molar-refractivity contribution in [3.63, 3.8) is 0 Å². The predicted molar refractivity (Wildman–Crippen MR) is 56.9 cm³/mol. The van der Waals surface area contributed by atoms with Gasteiger partial charge in [-0.2, -0.15) is 5.26 Å². The highest BCUT2D eigenvalue weighted by Gasteiger charge is 2.32. The van der Waals surface area contributed by atoms with Crippen LogP contribution >= 0.6 is 0 Å². The predicted octanol–water partition coefficient (Wildman–Crippen LogP) is 1.84. The molecule has 17 heavy (non-hydrogen) atoms. The van der Waals surface area contributed by atoms with Gasteiger partial charge in [0.2, 0.25) is 0 Å². The van der Waals surface area contributed by atoms with Gasteiger partial charge in [-0.3, -0.25) is 0 Å². The van der Waals surface area contributed by atoms with Gasteiger partial charge in [-0.15, -0.1) is 0 Å². The van der Waals surface area contributed by atoms with Crippen LogP contribution in [0.5, 0.6) is 5.75 Å². The van der Waals surface area contributed by atoms with E-state index >= 15 is 0 Å². The molecule has 0 aromatic heterocycles. The zero-order valence-electron chi connectivity index (χ0n) is 9.40. The van der Waals surface area contributed by atoms with E-state index in [1.54, 1.807) is 6.92 Å². The summed E-state index contributed by atoms with van der Waals surface area (Å²) in [7, 11) is 0. The Hall–Kier alpha value is -1.64. The number of benzene rings is 1. The second-order valence-corrected chi connectivity index (χ2v) is 3.88. The minimum Gasteiger partial charge on any atom is -0.485 e. The van der Waals surface area contributed by atoms with Crippen LogP contribution < -0.4 is 4.74 Å². The Kier molecular flexibility index (Phi) is 3.27. The van der Waals surface area contributed by atoms with Crippen molar-refractivity contribution >= 4 is 0 Å². The lowest BCUT2D eigenvalue weighted by Crippen LogP contribution is -2.33. The molecule has 0 unspecified atom stereocenters. The van der Waals surface area contributed by atoms with E-state index in [4.69, 9.17) is 19.5 Å². The summed E-state index contributed by atoms with van der Waals surface area (Å²) >= 11 is 0. The highest BCUT2D eigenvalue weighted by molar-refractivity contribution is 5.37. The number of halogens is 1. The molecule has 0 amide bonds. The quantitative estimate of drug-likeness (QED) is 0.804. The number of nitrogens with zero attached hydrogens (tertiary/aromatic N) is 1. The molecular formula is C12H12FNO3. The number of rotatable bonds is 3. The summed E-state index contributed by atoms with van der Waals surface area (Å²) in [6, 6.07) is 5.87. The number of hydrogen-bond acceptors (Lipinski definition) is 4. The van der Waals surface area contributed by atoms with E-state index in [0.29, 0.717) is 18.8 Å². The first-order valence-corrected chi connectivity index (χ1v) is 5.23. The van der Waals surface area contributed by atoms with Gasteiger partial charge in [0, 0.05) is 6.07 Å². The lowest BCUT2D eigenvalue weighted by Gasteiger charge is -2.22. The number of hydrogen-bond donors (Lipinski definition) is 0. The Morgan fingerprint density at radius 2 is 2.18 bits per heavy atom. The molecule has 2 rings (SSSR count). The van der Waals surface area contributed by atoms with Crippen LogP contribution in [0.2, 0.25) is 0 Å². The Bertz CT molecular complexity index is 450. The second-order valence-electron chi connectivity index (χ2n) is 3.88. The summed E-state index contributed by atoms with van der Waals surface area (Å²) in [4.78, 5) is 0. The van der Waals surface area contributed by atoms with Crippen LogP contribution in [0.4, 0.5) is 4.39 Å². The van der Waals surface area contributed by atoms with Crippen molar-refractivity contribution in [2.75, 3.05) is 19.8 Å². The molecule has 4 nitrogen and oxygen atoms in total. The molecule has 0 spiro atoms. The molecule has 0 atom stereocenters. The third-order valence-electron chi connectivity index (χ3n) is 2.45. The van der Waals surface area contributed by atoms with E-state index in [2.05, 4.69) is 0 Å². The normalized spacial score (nSPS) is 17.7. The molecule has 0 N–H and O–H groups in total. The lowest BCUT2D eigenvalue weighted by molar-refractivity contribution is -0.162. The molecule has 1 aromatic carbocycles. The molecule has 1 aliphatic heterocycles. The average molecular weight is 237 g/mol. The van der Waals surface area contributed by atoms with Gasteiger partial charge in [0.25, 0.3) is 0 Å². The van der Waals surface area contributed by atoms with Crippen LogP contribution in [0, 0.1) is 17.1 Å². The van der Waals surface area contributed by atoms with Gasteiger partial charge in [-0.1, -0.05) is 0 Å². The van der Waals surface area contributed by atoms with Gasteiger partial charge < -0.3 is 14.2 Å². The zero-order valence-corrected chi connectivity index (χ0v) is 9.40. The number of ether oxygens (including phenoxy) is 3. The molecule has 90 valence electrons. The summed E-state index contributed by atoms with van der Waals surface area (Å²) in [5.41, 5.74) is 0.347. The van der Waals surface area contributed by atoms with Crippen LogP contribution in [-0.2, 0) is 9.47 Å². The van der Waals surface area contributed by atoms with Gasteiger partial charge in [0.05, 0.1) is 24.8 Å². The van der Waals surface area contributed by atoms with Crippen LogP contribution in [0.25, 0.3) is 0 Å². The fourth-order valence-electron chi connectivity index (χ4n) is 1.53. The molecule has 5 heteroatoms. The Balaban J connectivity index is 2.06. The first-order valence-electron chi connectivity index (χ1n) is 5.23. The molecule has 1 aromatic rings. The van der Waals surface area contributed by atoms with E-state index in [0.717, 1.165) is 0 Å². The summed E-state index contributed by atoms with van der Waals surface area (Å²) in [6.45, 7) is 2.81. The summed E-state index contributed by atoms with van der Waals surface area (Å²) in [5, 5.41) is 8.71. The third kappa shape index (κ3) is 2.73.